The summed E-state index contributed by atoms with van der Waals surface area (Å²) in [5.41, 5.74) is 23.8. The number of hydrogen-bond acceptors (Lipinski definition) is 3. The Labute approximate surface area is 158 Å². The summed E-state index contributed by atoms with van der Waals surface area (Å²) in [4.78, 5) is 0. The fourth-order valence-electron chi connectivity index (χ4n) is 3.62. The van der Waals surface area contributed by atoms with Crippen LogP contribution >= 0.6 is 0 Å². The molecule has 0 saturated heterocycles. The number of rotatable bonds is 6. The zero-order chi connectivity index (χ0) is 19.1. The average molecular weight is 352 g/mol. The van der Waals surface area contributed by atoms with E-state index in [0.717, 1.165) is 12.0 Å². The average Bonchev–Trinajstić information content (AvgIpc) is 3.16. The van der Waals surface area contributed by atoms with Crippen LogP contribution in [0.1, 0.15) is 69.9 Å². The van der Waals surface area contributed by atoms with Crippen molar-refractivity contribution < 1.29 is 0 Å². The Morgan fingerprint density at radius 3 is 2.42 bits per heavy atom. The third-order valence-corrected chi connectivity index (χ3v) is 5.20. The first-order valence-corrected chi connectivity index (χ1v) is 9.61. The predicted molar refractivity (Wildman–Crippen MR) is 113 cm³/mol. The summed E-state index contributed by atoms with van der Waals surface area (Å²) >= 11 is 0. The van der Waals surface area contributed by atoms with E-state index in [1.165, 1.54) is 48.0 Å². The van der Waals surface area contributed by atoms with E-state index < -0.39 is 0 Å². The molecule has 0 atom stereocenters. The van der Waals surface area contributed by atoms with Gasteiger partial charge in [0.05, 0.1) is 5.70 Å². The summed E-state index contributed by atoms with van der Waals surface area (Å²) in [6.45, 7) is 6.36. The van der Waals surface area contributed by atoms with Crippen molar-refractivity contribution in [2.45, 2.75) is 58.8 Å². The molecule has 1 aromatic carbocycles. The fraction of sp³-hybridized carbons (Fsp3) is 0.391. The molecule has 0 spiro atoms. The van der Waals surface area contributed by atoms with Crippen molar-refractivity contribution in [1.82, 2.24) is 0 Å². The minimum absolute atomic E-state index is 0.157. The molecule has 140 valence electrons. The van der Waals surface area contributed by atoms with Gasteiger partial charge in [-0.25, -0.2) is 0 Å². The van der Waals surface area contributed by atoms with Crippen LogP contribution in [0.5, 0.6) is 0 Å². The second kappa shape index (κ2) is 9.33. The van der Waals surface area contributed by atoms with Crippen LogP contribution in [-0.4, -0.2) is 0 Å². The molecule has 0 bridgehead atoms. The predicted octanol–water partition coefficient (Wildman–Crippen LogP) is 5.08. The number of benzene rings is 1. The molecular weight excluding hydrogens is 318 g/mol. The normalized spacial score (nSPS) is 16.8. The first-order valence-electron chi connectivity index (χ1n) is 9.61. The molecule has 0 unspecified atom stereocenters. The van der Waals surface area contributed by atoms with E-state index >= 15 is 0 Å². The Morgan fingerprint density at radius 2 is 1.81 bits per heavy atom. The minimum atomic E-state index is 0.157. The molecule has 0 radical (unpaired) electrons. The highest BCUT2D eigenvalue weighted by atomic mass is 14.8. The number of nitrogens with two attached hydrogens (primary N) is 3. The molecule has 1 aliphatic rings. The van der Waals surface area contributed by atoms with Gasteiger partial charge in [0.25, 0.3) is 0 Å². The van der Waals surface area contributed by atoms with Crippen molar-refractivity contribution in [2.24, 2.45) is 17.2 Å². The van der Waals surface area contributed by atoms with Crippen LogP contribution in [-0.2, 0) is 0 Å². The zero-order valence-corrected chi connectivity index (χ0v) is 16.4. The first kappa shape index (κ1) is 19.9. The summed E-state index contributed by atoms with van der Waals surface area (Å²) in [5, 5.41) is 0. The molecule has 3 nitrogen and oxygen atoms in total. The van der Waals surface area contributed by atoms with E-state index in [9.17, 15) is 0 Å². The molecule has 0 aliphatic heterocycles. The number of allylic oxidation sites excluding steroid dienone is 6. The van der Waals surface area contributed by atoms with Gasteiger partial charge in [-0.15, -0.1) is 0 Å². The van der Waals surface area contributed by atoms with Gasteiger partial charge in [0.15, 0.2) is 0 Å². The van der Waals surface area contributed by atoms with Crippen LogP contribution in [0, 0.1) is 0 Å². The van der Waals surface area contributed by atoms with Crippen molar-refractivity contribution in [2.75, 3.05) is 0 Å². The maximum absolute atomic E-state index is 5.94. The molecular formula is C23H33N3. The van der Waals surface area contributed by atoms with E-state index in [1.54, 1.807) is 0 Å². The van der Waals surface area contributed by atoms with Gasteiger partial charge in [0, 0.05) is 0 Å². The van der Waals surface area contributed by atoms with Gasteiger partial charge >= 0.3 is 0 Å². The second-order valence-electron chi connectivity index (χ2n) is 7.19. The van der Waals surface area contributed by atoms with Crippen molar-refractivity contribution in [3.8, 4) is 0 Å². The van der Waals surface area contributed by atoms with E-state index in [-0.39, 0.29) is 5.82 Å². The minimum Gasteiger partial charge on any atom is -0.396 e. The fourth-order valence-corrected chi connectivity index (χ4v) is 3.62. The molecule has 0 heterocycles. The van der Waals surface area contributed by atoms with Crippen molar-refractivity contribution in [1.29, 1.82) is 0 Å². The van der Waals surface area contributed by atoms with Crippen molar-refractivity contribution in [3.63, 3.8) is 0 Å². The summed E-state index contributed by atoms with van der Waals surface area (Å²) in [6, 6.07) is 9.00. The van der Waals surface area contributed by atoms with Crippen molar-refractivity contribution in [3.05, 3.63) is 76.3 Å². The van der Waals surface area contributed by atoms with Crippen molar-refractivity contribution >= 4 is 5.57 Å². The Balaban J connectivity index is 2.47. The lowest BCUT2D eigenvalue weighted by atomic mass is 9.91. The monoisotopic (exact) mass is 351 g/mol. The highest BCUT2D eigenvalue weighted by Gasteiger charge is 2.17. The van der Waals surface area contributed by atoms with Crippen LogP contribution < -0.4 is 17.2 Å². The molecule has 3 heteroatoms. The topological polar surface area (TPSA) is 78.1 Å². The van der Waals surface area contributed by atoms with E-state index in [1.807, 2.05) is 6.08 Å². The lowest BCUT2D eigenvalue weighted by Crippen LogP contribution is -2.16. The Hall–Kier alpha value is -2.42. The number of hydrogen-bond donors (Lipinski definition) is 3. The summed E-state index contributed by atoms with van der Waals surface area (Å²) in [6.07, 6.45) is 12.5. The van der Waals surface area contributed by atoms with Crippen LogP contribution in [0.2, 0.25) is 0 Å². The van der Waals surface area contributed by atoms with Gasteiger partial charge in [0.1, 0.15) is 5.82 Å². The quantitative estimate of drug-likeness (QED) is 0.626. The zero-order valence-electron chi connectivity index (χ0n) is 16.4. The molecule has 0 aromatic heterocycles. The highest BCUT2D eigenvalue weighted by Crippen LogP contribution is 2.35. The third-order valence-electron chi connectivity index (χ3n) is 5.20. The van der Waals surface area contributed by atoms with Crippen LogP contribution in [0.15, 0.2) is 65.2 Å². The molecule has 26 heavy (non-hydrogen) atoms. The lowest BCUT2D eigenvalue weighted by molar-refractivity contribution is 0.723. The molecule has 1 aliphatic carbocycles. The van der Waals surface area contributed by atoms with Crippen LogP contribution in [0.25, 0.3) is 5.57 Å². The van der Waals surface area contributed by atoms with E-state index in [0.29, 0.717) is 11.6 Å². The molecule has 6 N–H and O–H groups in total. The Kier molecular flexibility index (Phi) is 7.14. The van der Waals surface area contributed by atoms with E-state index in [4.69, 9.17) is 17.2 Å². The maximum Gasteiger partial charge on any atom is 0.117 e. The standard InChI is InChI=1S/C23H33N3/c1-4-5-13-21(16(2)14-22(24)23(25)26)17(3)19-11-8-12-20(15-19)18-9-6-7-10-18/h5,8,11-15,18H,4,6-7,9-10,24-26H2,1-3H3/b13-5-,16-14+,21-17-. The smallest absolute Gasteiger partial charge is 0.117 e. The summed E-state index contributed by atoms with van der Waals surface area (Å²) < 4.78 is 0. The molecule has 0 amide bonds. The van der Waals surface area contributed by atoms with Gasteiger partial charge in [0.2, 0.25) is 0 Å². The third kappa shape index (κ3) is 5.04. The van der Waals surface area contributed by atoms with Gasteiger partial charge in [-0.3, -0.25) is 0 Å². The molecule has 1 aromatic rings. The highest BCUT2D eigenvalue weighted by molar-refractivity contribution is 5.74. The van der Waals surface area contributed by atoms with E-state index in [2.05, 4.69) is 57.2 Å². The molecule has 1 saturated carbocycles. The van der Waals surface area contributed by atoms with Gasteiger partial charge in [-0.1, -0.05) is 56.2 Å². The Bertz CT molecular complexity index is 740. The molecule has 2 rings (SSSR count). The second-order valence-corrected chi connectivity index (χ2v) is 7.19. The lowest BCUT2D eigenvalue weighted by Gasteiger charge is -2.14. The molecule has 1 fully saturated rings. The Morgan fingerprint density at radius 1 is 1.12 bits per heavy atom. The van der Waals surface area contributed by atoms with Gasteiger partial charge in [-0.05, 0) is 73.0 Å². The first-order chi connectivity index (χ1) is 12.4. The SMILES string of the molecule is CC\C=C/C(=C(\C)c1cccc(C2CCCC2)c1)C(/C)=C/C(N)=C(N)N. The summed E-state index contributed by atoms with van der Waals surface area (Å²) in [7, 11) is 0. The van der Waals surface area contributed by atoms with Crippen LogP contribution in [0.4, 0.5) is 0 Å². The summed E-state index contributed by atoms with van der Waals surface area (Å²) in [5.74, 6) is 0.869. The largest absolute Gasteiger partial charge is 0.396 e. The van der Waals surface area contributed by atoms with Crippen LogP contribution in [0.3, 0.4) is 0 Å². The maximum atomic E-state index is 5.94. The van der Waals surface area contributed by atoms with Gasteiger partial charge < -0.3 is 17.2 Å². The van der Waals surface area contributed by atoms with Gasteiger partial charge in [-0.2, -0.15) is 0 Å².